The average molecular weight is 353 g/mol. The lowest BCUT2D eigenvalue weighted by Gasteiger charge is -2.22. The maximum Gasteiger partial charge on any atom is 0.191 e. The van der Waals surface area contributed by atoms with Crippen LogP contribution in [0.4, 0.5) is 5.82 Å². The van der Waals surface area contributed by atoms with Crippen LogP contribution in [0, 0.1) is 0 Å². The molecule has 0 saturated carbocycles. The highest BCUT2D eigenvalue weighted by molar-refractivity contribution is 6.32. The van der Waals surface area contributed by atoms with E-state index < -0.39 is 0 Å². The zero-order valence-electron chi connectivity index (χ0n) is 14.9. The quantitative estimate of drug-likeness (QED) is 0.579. The molecule has 0 spiro atoms. The molecule has 0 amide bonds. The van der Waals surface area contributed by atoms with Crippen LogP contribution in [0.25, 0.3) is 0 Å². The van der Waals surface area contributed by atoms with Gasteiger partial charge in [-0.05, 0) is 31.6 Å². The third-order valence-corrected chi connectivity index (χ3v) is 4.70. The van der Waals surface area contributed by atoms with Gasteiger partial charge in [-0.1, -0.05) is 25.4 Å². The minimum absolute atomic E-state index is 0.350. The van der Waals surface area contributed by atoms with Crippen molar-refractivity contribution in [1.29, 1.82) is 0 Å². The summed E-state index contributed by atoms with van der Waals surface area (Å²) < 4.78 is 0. The van der Waals surface area contributed by atoms with Crippen LogP contribution in [-0.4, -0.2) is 68.2 Å². The Labute approximate surface area is 150 Å². The minimum Gasteiger partial charge on any atom is -0.355 e. The number of hydrogen-bond donors (Lipinski definition) is 2. The smallest absolute Gasteiger partial charge is 0.191 e. The average Bonchev–Trinajstić information content (AvgIpc) is 3.06. The molecular formula is C17H29ClN6. The van der Waals surface area contributed by atoms with Crippen molar-refractivity contribution in [1.82, 2.24) is 20.5 Å². The number of nitrogens with zero attached hydrogens (tertiary/aromatic N) is 4. The van der Waals surface area contributed by atoms with Crippen LogP contribution >= 0.6 is 11.6 Å². The summed E-state index contributed by atoms with van der Waals surface area (Å²) in [5.41, 5.74) is 0. The van der Waals surface area contributed by atoms with Gasteiger partial charge in [0.15, 0.2) is 5.96 Å². The first-order valence-electron chi connectivity index (χ1n) is 8.72. The number of likely N-dealkylation sites (N-methyl/N-ethyl adjacent to an activating group) is 1. The molecule has 1 aliphatic heterocycles. The number of guanidine groups is 1. The summed E-state index contributed by atoms with van der Waals surface area (Å²) in [6, 6.07) is 4.10. The van der Waals surface area contributed by atoms with Gasteiger partial charge in [0.25, 0.3) is 0 Å². The van der Waals surface area contributed by atoms with E-state index in [1.54, 1.807) is 6.20 Å². The number of rotatable bonds is 7. The molecule has 1 aliphatic rings. The largest absolute Gasteiger partial charge is 0.355 e. The Bertz CT molecular complexity index is 532. The van der Waals surface area contributed by atoms with E-state index >= 15 is 0 Å². The fourth-order valence-electron chi connectivity index (χ4n) is 2.94. The van der Waals surface area contributed by atoms with Crippen LogP contribution in [0.3, 0.4) is 0 Å². The number of hydrogen-bond acceptors (Lipinski definition) is 4. The summed E-state index contributed by atoms with van der Waals surface area (Å²) in [5, 5.41) is 7.61. The number of aromatic nitrogens is 1. The number of halogens is 1. The molecule has 1 unspecified atom stereocenters. The zero-order valence-corrected chi connectivity index (χ0v) is 15.7. The van der Waals surface area contributed by atoms with Crippen LogP contribution < -0.4 is 15.5 Å². The second-order valence-electron chi connectivity index (χ2n) is 5.91. The van der Waals surface area contributed by atoms with Gasteiger partial charge in [0.2, 0.25) is 0 Å². The number of pyridine rings is 1. The van der Waals surface area contributed by atoms with E-state index in [0.717, 1.165) is 57.5 Å². The molecule has 1 aromatic rings. The van der Waals surface area contributed by atoms with Crippen molar-refractivity contribution in [3.05, 3.63) is 23.4 Å². The van der Waals surface area contributed by atoms with Gasteiger partial charge >= 0.3 is 0 Å². The van der Waals surface area contributed by atoms with Gasteiger partial charge in [-0.25, -0.2) is 4.98 Å². The lowest BCUT2D eigenvalue weighted by atomic mass is 10.3. The second kappa shape index (κ2) is 9.69. The lowest BCUT2D eigenvalue weighted by molar-refractivity contribution is 0.308. The standard InChI is InChI=1S/C17H29ClN6/c1-4-23(5-2)12-10-21-17(19-3)22-14-8-11-24(13-14)16-15(18)7-6-9-20-16/h6-7,9,14H,4-5,8,10-13H2,1-3H3,(H2,19,21,22). The molecule has 2 heterocycles. The van der Waals surface area contributed by atoms with E-state index in [1.165, 1.54) is 0 Å². The predicted octanol–water partition coefficient (Wildman–Crippen LogP) is 1.82. The number of nitrogens with one attached hydrogen (secondary N) is 2. The Morgan fingerprint density at radius 3 is 2.92 bits per heavy atom. The Kier molecular flexibility index (Phi) is 7.59. The Morgan fingerprint density at radius 1 is 1.46 bits per heavy atom. The van der Waals surface area contributed by atoms with E-state index in [0.29, 0.717) is 11.1 Å². The summed E-state index contributed by atoms with van der Waals surface area (Å²) in [7, 11) is 1.81. The minimum atomic E-state index is 0.350. The molecule has 1 aromatic heterocycles. The van der Waals surface area contributed by atoms with Crippen molar-refractivity contribution in [2.24, 2.45) is 4.99 Å². The fourth-order valence-corrected chi connectivity index (χ4v) is 3.18. The molecule has 2 rings (SSSR count). The number of aliphatic imine (C=N–C) groups is 1. The first kappa shape index (κ1) is 18.8. The monoisotopic (exact) mass is 352 g/mol. The third kappa shape index (κ3) is 5.24. The van der Waals surface area contributed by atoms with Crippen LogP contribution in [-0.2, 0) is 0 Å². The summed E-state index contributed by atoms with van der Waals surface area (Å²) in [4.78, 5) is 13.3. The fraction of sp³-hybridized carbons (Fsp3) is 0.647. The molecule has 0 aliphatic carbocycles. The highest BCUT2D eigenvalue weighted by atomic mass is 35.5. The van der Waals surface area contributed by atoms with Crippen molar-refractivity contribution in [3.8, 4) is 0 Å². The van der Waals surface area contributed by atoms with Gasteiger partial charge in [-0.3, -0.25) is 4.99 Å². The Balaban J connectivity index is 1.80. The molecule has 134 valence electrons. The highest BCUT2D eigenvalue weighted by Crippen LogP contribution is 2.25. The van der Waals surface area contributed by atoms with E-state index in [-0.39, 0.29) is 0 Å². The summed E-state index contributed by atoms with van der Waals surface area (Å²) in [6.45, 7) is 10.3. The maximum atomic E-state index is 6.25. The van der Waals surface area contributed by atoms with E-state index in [1.807, 2.05) is 19.2 Å². The molecule has 0 aromatic carbocycles. The van der Waals surface area contributed by atoms with Crippen molar-refractivity contribution in [2.45, 2.75) is 26.3 Å². The predicted molar refractivity (Wildman–Crippen MR) is 102 cm³/mol. The highest BCUT2D eigenvalue weighted by Gasteiger charge is 2.25. The summed E-state index contributed by atoms with van der Waals surface area (Å²) in [6.07, 6.45) is 2.83. The molecule has 2 N–H and O–H groups in total. The Hall–Kier alpha value is -1.53. The van der Waals surface area contributed by atoms with Crippen LogP contribution in [0.1, 0.15) is 20.3 Å². The van der Waals surface area contributed by atoms with Crippen molar-refractivity contribution in [2.75, 3.05) is 51.2 Å². The first-order valence-corrected chi connectivity index (χ1v) is 9.10. The second-order valence-corrected chi connectivity index (χ2v) is 6.32. The van der Waals surface area contributed by atoms with Gasteiger partial charge in [0.05, 0.1) is 5.02 Å². The van der Waals surface area contributed by atoms with Crippen molar-refractivity contribution < 1.29 is 0 Å². The maximum absolute atomic E-state index is 6.25. The van der Waals surface area contributed by atoms with E-state index in [4.69, 9.17) is 11.6 Å². The SMILES string of the molecule is CCN(CC)CCNC(=NC)NC1CCN(c2ncccc2Cl)C1. The number of anilines is 1. The molecule has 24 heavy (non-hydrogen) atoms. The zero-order chi connectivity index (χ0) is 17.4. The molecule has 7 heteroatoms. The normalized spacial score (nSPS) is 18.3. The lowest BCUT2D eigenvalue weighted by Crippen LogP contribution is -2.46. The van der Waals surface area contributed by atoms with Gasteiger partial charge in [-0.2, -0.15) is 0 Å². The van der Waals surface area contributed by atoms with Crippen molar-refractivity contribution >= 4 is 23.4 Å². The van der Waals surface area contributed by atoms with Crippen LogP contribution in [0.15, 0.2) is 23.3 Å². The third-order valence-electron chi connectivity index (χ3n) is 4.41. The van der Waals surface area contributed by atoms with Gasteiger partial charge in [0, 0.05) is 45.5 Å². The molecule has 6 nitrogen and oxygen atoms in total. The molecule has 1 atom stereocenters. The first-order chi connectivity index (χ1) is 11.7. The summed E-state index contributed by atoms with van der Waals surface area (Å²) in [5.74, 6) is 1.73. The topological polar surface area (TPSA) is 55.8 Å². The molecule has 0 bridgehead atoms. The van der Waals surface area contributed by atoms with E-state index in [9.17, 15) is 0 Å². The molecular weight excluding hydrogens is 324 g/mol. The molecule has 1 fully saturated rings. The summed E-state index contributed by atoms with van der Waals surface area (Å²) >= 11 is 6.25. The molecule has 1 saturated heterocycles. The van der Waals surface area contributed by atoms with Gasteiger partial charge in [0.1, 0.15) is 5.82 Å². The molecule has 0 radical (unpaired) electrons. The Morgan fingerprint density at radius 2 is 2.25 bits per heavy atom. The van der Waals surface area contributed by atoms with E-state index in [2.05, 4.69) is 44.3 Å². The van der Waals surface area contributed by atoms with Gasteiger partial charge < -0.3 is 20.4 Å². The van der Waals surface area contributed by atoms with Crippen LogP contribution in [0.2, 0.25) is 5.02 Å². The van der Waals surface area contributed by atoms with Crippen molar-refractivity contribution in [3.63, 3.8) is 0 Å². The van der Waals surface area contributed by atoms with Crippen LogP contribution in [0.5, 0.6) is 0 Å². The van der Waals surface area contributed by atoms with Gasteiger partial charge in [-0.15, -0.1) is 0 Å².